The fourth-order valence-electron chi connectivity index (χ4n) is 3.87. The van der Waals surface area contributed by atoms with Crippen LogP contribution in [0.3, 0.4) is 0 Å². The molecular formula is C29H35Cl2N3NiO2. The van der Waals surface area contributed by atoms with Gasteiger partial charge in [-0.05, 0) is 45.9 Å². The second-order valence-corrected chi connectivity index (χ2v) is 11.3. The average Bonchev–Trinajstić information content (AvgIpc) is 2.80. The third-order valence-corrected chi connectivity index (χ3v) is 6.52. The van der Waals surface area contributed by atoms with E-state index < -0.39 is 22.3 Å². The first-order chi connectivity index (χ1) is 16.7. The number of aliphatic imine (C=N–C) groups is 1. The number of rotatable bonds is 4. The molecule has 3 aromatic rings. The topological polar surface area (TPSA) is 84.3 Å². The van der Waals surface area contributed by atoms with Crippen molar-refractivity contribution in [2.75, 3.05) is 0 Å². The van der Waals surface area contributed by atoms with Crippen molar-refractivity contribution < 1.29 is 26.7 Å². The molecule has 0 amide bonds. The second-order valence-electron chi connectivity index (χ2n) is 10.6. The summed E-state index contributed by atoms with van der Waals surface area (Å²) in [7, 11) is 0. The summed E-state index contributed by atoms with van der Waals surface area (Å²) in [5, 5.41) is 24.8. The molecule has 0 aliphatic rings. The summed E-state index contributed by atoms with van der Waals surface area (Å²) in [6, 6.07) is 6.35. The van der Waals surface area contributed by atoms with E-state index in [2.05, 4.69) is 47.0 Å². The van der Waals surface area contributed by atoms with Gasteiger partial charge in [-0.2, -0.15) is 0 Å². The first-order valence-corrected chi connectivity index (χ1v) is 12.8. The fraction of sp³-hybridized carbons (Fsp3) is 0.414. The monoisotopic (exact) mass is 585 g/mol. The van der Waals surface area contributed by atoms with Gasteiger partial charge in [0.25, 0.3) is 0 Å². The number of aromatic nitrogens is 2. The Morgan fingerprint density at radius 1 is 0.838 bits per heavy atom. The maximum absolute atomic E-state index is 12.2. The molecule has 0 unspecified atom stereocenters. The Balaban J connectivity index is 0.000000360. The van der Waals surface area contributed by atoms with Crippen molar-refractivity contribution in [1.29, 1.82) is 0 Å². The molecule has 0 aliphatic heterocycles. The molecule has 0 saturated carbocycles. The molecule has 0 aliphatic carbocycles. The van der Waals surface area contributed by atoms with Crippen molar-refractivity contribution in [1.82, 2.24) is 9.97 Å². The van der Waals surface area contributed by atoms with Crippen molar-refractivity contribution >= 4 is 35.1 Å². The van der Waals surface area contributed by atoms with E-state index in [0.717, 1.165) is 24.2 Å². The summed E-state index contributed by atoms with van der Waals surface area (Å²) >= 11 is 12.4. The Morgan fingerprint density at radius 3 is 1.65 bits per heavy atom. The standard InChI is InChI=1S/C15H17N3.C14H20Cl2O2.Ni/c1-3-12-6-5-7-13(4-2)15(12)18-11-14-10-16-8-9-17-14;1-13(2,3)7-9(15)10(16)8(14(4,5)6)12(18)11(7)17;/h5-11H,3-4H2,1-2H3;17-18H,1-6H3;/q;;+2/p-2. The zero-order valence-corrected chi connectivity index (χ0v) is 25.2. The van der Waals surface area contributed by atoms with Gasteiger partial charge < -0.3 is 10.2 Å². The molecule has 3 rings (SSSR count). The number of nitrogens with zero attached hydrogens (tertiary/aromatic N) is 3. The summed E-state index contributed by atoms with van der Waals surface area (Å²) in [6.45, 7) is 15.3. The van der Waals surface area contributed by atoms with Crippen LogP contribution in [-0.4, -0.2) is 16.2 Å². The van der Waals surface area contributed by atoms with Gasteiger partial charge in [-0.1, -0.05) is 96.8 Å². The molecule has 0 saturated heterocycles. The number of hydrogen-bond acceptors (Lipinski definition) is 5. The molecule has 1 heterocycles. The molecule has 0 N–H and O–H groups in total. The van der Waals surface area contributed by atoms with E-state index in [1.54, 1.807) is 24.8 Å². The summed E-state index contributed by atoms with van der Waals surface area (Å²) in [5.74, 6) is -1.08. The van der Waals surface area contributed by atoms with Crippen LogP contribution in [0.15, 0.2) is 41.8 Å². The van der Waals surface area contributed by atoms with Gasteiger partial charge in [0.2, 0.25) is 0 Å². The van der Waals surface area contributed by atoms with E-state index in [1.165, 1.54) is 11.1 Å². The molecule has 8 heteroatoms. The normalized spacial score (nSPS) is 11.6. The molecular weight excluding hydrogens is 552 g/mol. The van der Waals surface area contributed by atoms with Gasteiger partial charge in [-0.15, -0.1) is 11.5 Å². The van der Waals surface area contributed by atoms with Crippen LogP contribution in [0, 0.1) is 0 Å². The predicted octanol–water partition coefficient (Wildman–Crippen LogP) is 7.09. The molecule has 0 fully saturated rings. The summed E-state index contributed by atoms with van der Waals surface area (Å²) < 4.78 is 0. The van der Waals surface area contributed by atoms with Gasteiger partial charge in [0.1, 0.15) is 0 Å². The molecule has 5 nitrogen and oxygen atoms in total. The number of hydrogen-bond donors (Lipinski definition) is 0. The summed E-state index contributed by atoms with van der Waals surface area (Å²) in [4.78, 5) is 12.8. The van der Waals surface area contributed by atoms with Crippen LogP contribution in [0.2, 0.25) is 10.0 Å². The van der Waals surface area contributed by atoms with Crippen LogP contribution in [0.5, 0.6) is 11.5 Å². The zero-order chi connectivity index (χ0) is 27.3. The maximum Gasteiger partial charge on any atom is 2.00 e. The third-order valence-electron chi connectivity index (χ3n) is 5.67. The van der Waals surface area contributed by atoms with Gasteiger partial charge in [0, 0.05) is 12.4 Å². The molecule has 0 radical (unpaired) electrons. The Labute approximate surface area is 241 Å². The van der Waals surface area contributed by atoms with Crippen molar-refractivity contribution in [3.8, 4) is 11.5 Å². The molecule has 0 atom stereocenters. The third kappa shape index (κ3) is 8.17. The van der Waals surface area contributed by atoms with Crippen molar-refractivity contribution in [3.05, 3.63) is 74.8 Å². The van der Waals surface area contributed by atoms with Crippen LogP contribution in [0.25, 0.3) is 0 Å². The molecule has 0 spiro atoms. The van der Waals surface area contributed by atoms with Gasteiger partial charge in [-0.25, -0.2) is 0 Å². The van der Waals surface area contributed by atoms with E-state index in [1.807, 2.05) is 41.5 Å². The Bertz CT molecular complexity index is 1120. The largest absolute Gasteiger partial charge is 2.00 e. The minimum atomic E-state index is -0.540. The minimum Gasteiger partial charge on any atom is -0.873 e. The van der Waals surface area contributed by atoms with Gasteiger partial charge in [0.05, 0.1) is 33.8 Å². The van der Waals surface area contributed by atoms with Crippen molar-refractivity contribution in [3.63, 3.8) is 0 Å². The molecule has 2 aromatic carbocycles. The van der Waals surface area contributed by atoms with Crippen LogP contribution in [0.1, 0.15) is 83.3 Å². The van der Waals surface area contributed by atoms with Gasteiger partial charge in [-0.3, -0.25) is 15.0 Å². The smallest absolute Gasteiger partial charge is 0.873 e. The van der Waals surface area contributed by atoms with Crippen LogP contribution in [-0.2, 0) is 40.2 Å². The van der Waals surface area contributed by atoms with Crippen LogP contribution < -0.4 is 10.2 Å². The number of para-hydroxylation sites is 1. The average molecular weight is 587 g/mol. The Hall–Kier alpha value is -2.14. The Kier molecular flexibility index (Phi) is 12.1. The van der Waals surface area contributed by atoms with E-state index in [4.69, 9.17) is 23.2 Å². The Morgan fingerprint density at radius 2 is 1.30 bits per heavy atom. The van der Waals surface area contributed by atoms with E-state index in [0.29, 0.717) is 11.1 Å². The quantitative estimate of drug-likeness (QED) is 0.241. The van der Waals surface area contributed by atoms with E-state index in [9.17, 15) is 10.2 Å². The number of benzene rings is 2. The van der Waals surface area contributed by atoms with E-state index >= 15 is 0 Å². The molecule has 202 valence electrons. The maximum atomic E-state index is 12.2. The van der Waals surface area contributed by atoms with Crippen molar-refractivity contribution in [2.45, 2.75) is 79.1 Å². The minimum absolute atomic E-state index is 0. The van der Waals surface area contributed by atoms with Gasteiger partial charge in [0.15, 0.2) is 0 Å². The summed E-state index contributed by atoms with van der Waals surface area (Å²) in [5.41, 5.74) is 3.99. The summed E-state index contributed by atoms with van der Waals surface area (Å²) in [6.07, 6.45) is 8.80. The number of aryl methyl sites for hydroxylation is 2. The van der Waals surface area contributed by atoms with Gasteiger partial charge >= 0.3 is 16.5 Å². The van der Waals surface area contributed by atoms with Crippen LogP contribution >= 0.6 is 23.2 Å². The van der Waals surface area contributed by atoms with E-state index in [-0.39, 0.29) is 26.5 Å². The first kappa shape index (κ1) is 32.9. The zero-order valence-electron chi connectivity index (χ0n) is 22.7. The first-order valence-electron chi connectivity index (χ1n) is 12.0. The molecule has 0 bridgehead atoms. The van der Waals surface area contributed by atoms with Crippen LogP contribution in [0.4, 0.5) is 5.69 Å². The molecule has 37 heavy (non-hydrogen) atoms. The molecule has 1 aromatic heterocycles. The number of halogens is 2. The SMILES string of the molecule is CC(C)(C)c1c([O-])c([O-])c(C(C)(C)C)c(Cl)c1Cl.CCc1cccc(CC)c1N=Cc1cnccn1.[Ni+2]. The fourth-order valence-corrected chi connectivity index (χ4v) is 4.80. The second kappa shape index (κ2) is 13.6. The van der Waals surface area contributed by atoms with Crippen molar-refractivity contribution in [2.24, 2.45) is 4.99 Å². The predicted molar refractivity (Wildman–Crippen MR) is 147 cm³/mol.